The molecule has 78 valence electrons. The molecular weight excluding hydrogens is 174 g/mol. The van der Waals surface area contributed by atoms with Crippen LogP contribution in [-0.2, 0) is 6.42 Å². The molecule has 2 rings (SSSR count). The van der Waals surface area contributed by atoms with Crippen LogP contribution >= 0.6 is 0 Å². The van der Waals surface area contributed by atoms with Gasteiger partial charge in [-0.05, 0) is 43.9 Å². The van der Waals surface area contributed by atoms with Crippen LogP contribution in [-0.4, -0.2) is 6.54 Å². The summed E-state index contributed by atoms with van der Waals surface area (Å²) < 4.78 is 5.78. The molecule has 0 bridgehead atoms. The van der Waals surface area contributed by atoms with Crippen molar-refractivity contribution in [1.29, 1.82) is 0 Å². The molecule has 1 heterocycles. The van der Waals surface area contributed by atoms with Gasteiger partial charge in [-0.1, -0.05) is 6.92 Å². The molecule has 1 aliphatic rings. The van der Waals surface area contributed by atoms with E-state index in [0.717, 1.165) is 37.5 Å². The first-order valence-electron chi connectivity index (χ1n) is 5.60. The van der Waals surface area contributed by atoms with Crippen LogP contribution in [0.2, 0.25) is 0 Å². The topological polar surface area (TPSA) is 39.2 Å². The third kappa shape index (κ3) is 2.18. The maximum absolute atomic E-state index is 5.78. The van der Waals surface area contributed by atoms with E-state index < -0.39 is 0 Å². The first kappa shape index (κ1) is 9.78. The lowest BCUT2D eigenvalue weighted by Crippen LogP contribution is -1.98. The summed E-state index contributed by atoms with van der Waals surface area (Å²) in [4.78, 5) is 0. The third-order valence-electron chi connectivity index (χ3n) is 3.03. The van der Waals surface area contributed by atoms with Crippen molar-refractivity contribution >= 4 is 0 Å². The van der Waals surface area contributed by atoms with Crippen molar-refractivity contribution in [2.24, 2.45) is 11.7 Å². The zero-order valence-corrected chi connectivity index (χ0v) is 8.83. The van der Waals surface area contributed by atoms with Gasteiger partial charge in [-0.3, -0.25) is 0 Å². The molecule has 1 aromatic rings. The Morgan fingerprint density at radius 1 is 1.43 bits per heavy atom. The van der Waals surface area contributed by atoms with E-state index in [1.165, 1.54) is 12.2 Å². The second kappa shape index (κ2) is 4.18. The van der Waals surface area contributed by atoms with Gasteiger partial charge in [-0.25, -0.2) is 0 Å². The highest BCUT2D eigenvalue weighted by atomic mass is 16.3. The Balaban J connectivity index is 1.84. The van der Waals surface area contributed by atoms with Crippen LogP contribution in [0.1, 0.15) is 43.6 Å². The van der Waals surface area contributed by atoms with Crippen molar-refractivity contribution in [3.8, 4) is 0 Å². The molecule has 2 unspecified atom stereocenters. The Bertz CT molecular complexity index is 292. The Labute approximate surface area is 85.5 Å². The quantitative estimate of drug-likeness (QED) is 0.730. The molecule has 0 radical (unpaired) electrons. The molecule has 0 aromatic carbocycles. The Kier molecular flexibility index (Phi) is 2.92. The van der Waals surface area contributed by atoms with Gasteiger partial charge < -0.3 is 10.2 Å². The molecule has 0 aliphatic heterocycles. The summed E-state index contributed by atoms with van der Waals surface area (Å²) in [5, 5.41) is 0. The number of hydrogen-bond donors (Lipinski definition) is 1. The molecule has 2 nitrogen and oxygen atoms in total. The van der Waals surface area contributed by atoms with Crippen molar-refractivity contribution in [2.75, 3.05) is 6.54 Å². The molecule has 0 spiro atoms. The number of hydrogen-bond acceptors (Lipinski definition) is 2. The zero-order chi connectivity index (χ0) is 9.97. The fourth-order valence-corrected chi connectivity index (χ4v) is 1.89. The number of furan rings is 1. The van der Waals surface area contributed by atoms with Crippen LogP contribution < -0.4 is 5.73 Å². The zero-order valence-electron chi connectivity index (χ0n) is 8.83. The third-order valence-corrected chi connectivity index (χ3v) is 3.03. The van der Waals surface area contributed by atoms with E-state index in [-0.39, 0.29) is 0 Å². The minimum Gasteiger partial charge on any atom is -0.466 e. The van der Waals surface area contributed by atoms with Gasteiger partial charge in [-0.2, -0.15) is 0 Å². The van der Waals surface area contributed by atoms with E-state index >= 15 is 0 Å². The summed E-state index contributed by atoms with van der Waals surface area (Å²) in [5.74, 6) is 3.86. The first-order valence-corrected chi connectivity index (χ1v) is 5.60. The van der Waals surface area contributed by atoms with Crippen LogP contribution in [0.25, 0.3) is 0 Å². The van der Waals surface area contributed by atoms with Gasteiger partial charge in [0.2, 0.25) is 0 Å². The lowest BCUT2D eigenvalue weighted by atomic mass is 10.2. The average Bonchev–Trinajstić information content (AvgIpc) is 2.74. The molecule has 14 heavy (non-hydrogen) atoms. The van der Waals surface area contributed by atoms with E-state index in [1.54, 1.807) is 0 Å². The van der Waals surface area contributed by atoms with Crippen molar-refractivity contribution in [3.05, 3.63) is 23.7 Å². The van der Waals surface area contributed by atoms with Crippen molar-refractivity contribution in [3.63, 3.8) is 0 Å². The number of aryl methyl sites for hydroxylation is 1. The molecular formula is C12H19NO. The predicted octanol–water partition coefficient (Wildman–Crippen LogP) is 2.68. The Morgan fingerprint density at radius 3 is 2.86 bits per heavy atom. The van der Waals surface area contributed by atoms with Gasteiger partial charge in [0, 0.05) is 12.3 Å². The molecule has 0 amide bonds. The van der Waals surface area contributed by atoms with Gasteiger partial charge in [-0.15, -0.1) is 0 Å². The van der Waals surface area contributed by atoms with Gasteiger partial charge in [0.05, 0.1) is 0 Å². The maximum Gasteiger partial charge on any atom is 0.107 e. The molecule has 1 aromatic heterocycles. The monoisotopic (exact) mass is 193 g/mol. The lowest BCUT2D eigenvalue weighted by molar-refractivity contribution is 0.455. The predicted molar refractivity (Wildman–Crippen MR) is 57.2 cm³/mol. The molecule has 1 saturated carbocycles. The molecule has 2 N–H and O–H groups in total. The first-order chi connectivity index (χ1) is 6.81. The summed E-state index contributed by atoms with van der Waals surface area (Å²) in [5.41, 5.74) is 5.44. The number of nitrogens with two attached hydrogens (primary N) is 1. The van der Waals surface area contributed by atoms with Crippen LogP contribution in [0.3, 0.4) is 0 Å². The standard InChI is InChI=1S/C12H19NO/c1-9-8-11(9)12-6-5-10(14-12)4-2-3-7-13/h5-6,9,11H,2-4,7-8,13H2,1H3. The molecule has 2 heteroatoms. The number of rotatable bonds is 5. The van der Waals surface area contributed by atoms with E-state index in [1.807, 2.05) is 0 Å². The smallest absolute Gasteiger partial charge is 0.107 e. The van der Waals surface area contributed by atoms with Crippen LogP contribution in [0.5, 0.6) is 0 Å². The second-order valence-electron chi connectivity index (χ2n) is 4.37. The molecule has 0 saturated heterocycles. The molecule has 1 fully saturated rings. The van der Waals surface area contributed by atoms with Gasteiger partial charge in [0.15, 0.2) is 0 Å². The van der Waals surface area contributed by atoms with E-state index in [0.29, 0.717) is 5.92 Å². The average molecular weight is 193 g/mol. The fourth-order valence-electron chi connectivity index (χ4n) is 1.89. The van der Waals surface area contributed by atoms with Gasteiger partial charge >= 0.3 is 0 Å². The molecule has 2 atom stereocenters. The number of unbranched alkanes of at least 4 members (excludes halogenated alkanes) is 1. The van der Waals surface area contributed by atoms with E-state index in [9.17, 15) is 0 Å². The highest BCUT2D eigenvalue weighted by molar-refractivity contribution is 5.17. The summed E-state index contributed by atoms with van der Waals surface area (Å²) in [6.45, 7) is 3.06. The van der Waals surface area contributed by atoms with E-state index in [4.69, 9.17) is 10.2 Å². The molecule has 1 aliphatic carbocycles. The Morgan fingerprint density at radius 2 is 2.21 bits per heavy atom. The van der Waals surface area contributed by atoms with E-state index in [2.05, 4.69) is 19.1 Å². The highest BCUT2D eigenvalue weighted by Crippen LogP contribution is 2.47. The lowest BCUT2D eigenvalue weighted by Gasteiger charge is -1.95. The summed E-state index contributed by atoms with van der Waals surface area (Å²) in [6.07, 6.45) is 4.58. The Hall–Kier alpha value is -0.760. The highest BCUT2D eigenvalue weighted by Gasteiger charge is 2.36. The van der Waals surface area contributed by atoms with Crippen molar-refractivity contribution < 1.29 is 4.42 Å². The fraction of sp³-hybridized carbons (Fsp3) is 0.667. The largest absolute Gasteiger partial charge is 0.466 e. The summed E-state index contributed by atoms with van der Waals surface area (Å²) in [6, 6.07) is 4.27. The van der Waals surface area contributed by atoms with Crippen LogP contribution in [0.4, 0.5) is 0 Å². The minimum atomic E-state index is 0.707. The second-order valence-corrected chi connectivity index (χ2v) is 4.37. The summed E-state index contributed by atoms with van der Waals surface area (Å²) >= 11 is 0. The van der Waals surface area contributed by atoms with Gasteiger partial charge in [0.25, 0.3) is 0 Å². The summed E-state index contributed by atoms with van der Waals surface area (Å²) in [7, 11) is 0. The normalized spacial score (nSPS) is 25.3. The van der Waals surface area contributed by atoms with Crippen molar-refractivity contribution in [1.82, 2.24) is 0 Å². The minimum absolute atomic E-state index is 0.707. The van der Waals surface area contributed by atoms with Crippen molar-refractivity contribution in [2.45, 2.75) is 38.5 Å². The van der Waals surface area contributed by atoms with Gasteiger partial charge in [0.1, 0.15) is 11.5 Å². The van der Waals surface area contributed by atoms with Crippen LogP contribution in [0, 0.1) is 5.92 Å². The van der Waals surface area contributed by atoms with Crippen LogP contribution in [0.15, 0.2) is 16.5 Å². The maximum atomic E-state index is 5.78. The SMILES string of the molecule is CC1CC1c1ccc(CCCCN)o1.